The summed E-state index contributed by atoms with van der Waals surface area (Å²) in [6.07, 6.45) is -5.10. The number of nitrogens with one attached hydrogen (secondary N) is 2. The van der Waals surface area contributed by atoms with Crippen molar-refractivity contribution < 1.29 is 32.3 Å². The van der Waals surface area contributed by atoms with E-state index in [0.29, 0.717) is 24.7 Å². The van der Waals surface area contributed by atoms with Gasteiger partial charge in [-0.2, -0.15) is 13.2 Å². The molecule has 0 unspecified atom stereocenters. The van der Waals surface area contributed by atoms with Gasteiger partial charge in [0.2, 0.25) is 11.8 Å². The number of carbonyl (C=O) groups excluding carboxylic acids is 3. The Bertz CT molecular complexity index is 1150. The van der Waals surface area contributed by atoms with Crippen LogP contribution in [0.15, 0.2) is 42.5 Å². The molecule has 3 amide bonds. The Morgan fingerprint density at radius 3 is 2.55 bits per heavy atom. The van der Waals surface area contributed by atoms with E-state index in [1.54, 1.807) is 6.07 Å². The molecule has 11 heteroatoms. The highest BCUT2D eigenvalue weighted by Gasteiger charge is 2.33. The van der Waals surface area contributed by atoms with E-state index < -0.39 is 23.7 Å². The Balaban J connectivity index is 1.75. The van der Waals surface area contributed by atoms with Gasteiger partial charge in [0, 0.05) is 32.4 Å². The van der Waals surface area contributed by atoms with Gasteiger partial charge < -0.3 is 25.2 Å². The molecule has 3 rings (SSSR count). The minimum Gasteiger partial charge on any atom is -0.448 e. The first-order valence-corrected chi connectivity index (χ1v) is 12.4. The summed E-state index contributed by atoms with van der Waals surface area (Å²) in [7, 11) is 1.38. The van der Waals surface area contributed by atoms with Crippen molar-refractivity contribution in [3.05, 3.63) is 64.7 Å². The summed E-state index contributed by atoms with van der Waals surface area (Å²) in [5, 5.41) is 5.35. The van der Waals surface area contributed by atoms with E-state index >= 15 is 0 Å². The molecule has 206 valence electrons. The predicted octanol–water partition coefficient (Wildman–Crippen LogP) is 4.04. The van der Waals surface area contributed by atoms with Crippen LogP contribution in [-0.2, 0) is 40.0 Å². The summed E-state index contributed by atoms with van der Waals surface area (Å²) < 4.78 is 45.6. The number of hydrogen-bond donors (Lipinski definition) is 2. The van der Waals surface area contributed by atoms with Gasteiger partial charge in [-0.25, -0.2) is 4.79 Å². The van der Waals surface area contributed by atoms with E-state index in [2.05, 4.69) is 10.6 Å². The van der Waals surface area contributed by atoms with E-state index in [1.165, 1.54) is 30.1 Å². The van der Waals surface area contributed by atoms with Crippen molar-refractivity contribution in [1.29, 1.82) is 0 Å². The van der Waals surface area contributed by atoms with Crippen LogP contribution in [-0.4, -0.2) is 61.0 Å². The largest absolute Gasteiger partial charge is 0.448 e. The van der Waals surface area contributed by atoms with E-state index in [1.807, 2.05) is 30.9 Å². The van der Waals surface area contributed by atoms with Crippen molar-refractivity contribution in [2.75, 3.05) is 38.6 Å². The summed E-state index contributed by atoms with van der Waals surface area (Å²) in [5.74, 6) is -0.146. The SMILES string of the molecule is CNC(=O)OCCN(Cc1ccccc1C(F)(F)F)C(=O)CNc1cccc2c1CC(=O)N(CC(C)C)C2. The molecule has 1 aliphatic heterocycles. The summed E-state index contributed by atoms with van der Waals surface area (Å²) in [5.41, 5.74) is 1.52. The number of alkyl carbamates (subject to hydrolysis) is 1. The van der Waals surface area contributed by atoms with Crippen LogP contribution in [0.5, 0.6) is 0 Å². The first-order valence-electron chi connectivity index (χ1n) is 12.4. The van der Waals surface area contributed by atoms with Crippen LogP contribution in [0.3, 0.4) is 0 Å². The lowest BCUT2D eigenvalue weighted by atomic mass is 9.96. The Morgan fingerprint density at radius 1 is 1.13 bits per heavy atom. The summed E-state index contributed by atoms with van der Waals surface area (Å²) in [6.45, 7) is 4.40. The fourth-order valence-electron chi connectivity index (χ4n) is 4.36. The zero-order valence-corrected chi connectivity index (χ0v) is 21.7. The lowest BCUT2D eigenvalue weighted by Crippen LogP contribution is -2.40. The fraction of sp³-hybridized carbons (Fsp3) is 0.444. The summed E-state index contributed by atoms with van der Waals surface area (Å²) in [6, 6.07) is 10.6. The molecular weight excluding hydrogens is 501 g/mol. The molecule has 2 aromatic carbocycles. The van der Waals surface area contributed by atoms with Crippen LogP contribution in [0.4, 0.5) is 23.7 Å². The van der Waals surface area contributed by atoms with Gasteiger partial charge in [-0.3, -0.25) is 9.59 Å². The molecule has 0 saturated carbocycles. The second kappa shape index (κ2) is 12.7. The molecule has 0 aliphatic carbocycles. The summed E-state index contributed by atoms with van der Waals surface area (Å²) in [4.78, 5) is 40.3. The number of nitrogens with zero attached hydrogens (tertiary/aromatic N) is 2. The molecule has 0 atom stereocenters. The molecule has 1 aliphatic rings. The smallest absolute Gasteiger partial charge is 0.416 e. The third-order valence-corrected chi connectivity index (χ3v) is 6.17. The maximum Gasteiger partial charge on any atom is 0.416 e. The van der Waals surface area contributed by atoms with Crippen molar-refractivity contribution >= 4 is 23.6 Å². The van der Waals surface area contributed by atoms with Gasteiger partial charge in [0.15, 0.2) is 0 Å². The quantitative estimate of drug-likeness (QED) is 0.480. The van der Waals surface area contributed by atoms with E-state index in [9.17, 15) is 27.6 Å². The zero-order valence-electron chi connectivity index (χ0n) is 21.7. The number of amides is 3. The summed E-state index contributed by atoms with van der Waals surface area (Å²) >= 11 is 0. The van der Waals surface area contributed by atoms with E-state index in [-0.39, 0.29) is 44.1 Å². The molecular formula is C27H33F3N4O4. The number of rotatable bonds is 10. The van der Waals surface area contributed by atoms with E-state index in [4.69, 9.17) is 4.74 Å². The highest BCUT2D eigenvalue weighted by atomic mass is 19.4. The highest BCUT2D eigenvalue weighted by molar-refractivity contribution is 5.85. The lowest BCUT2D eigenvalue weighted by Gasteiger charge is -2.31. The Kier molecular flexibility index (Phi) is 9.60. The van der Waals surface area contributed by atoms with Crippen LogP contribution < -0.4 is 10.6 Å². The molecule has 0 aromatic heterocycles. The van der Waals surface area contributed by atoms with Crippen LogP contribution >= 0.6 is 0 Å². The van der Waals surface area contributed by atoms with Gasteiger partial charge >= 0.3 is 12.3 Å². The van der Waals surface area contributed by atoms with Crippen molar-refractivity contribution in [1.82, 2.24) is 15.1 Å². The van der Waals surface area contributed by atoms with Crippen LogP contribution in [0.2, 0.25) is 0 Å². The average molecular weight is 535 g/mol. The van der Waals surface area contributed by atoms with Gasteiger partial charge in [-0.05, 0) is 34.7 Å². The molecule has 0 bridgehead atoms. The molecule has 38 heavy (non-hydrogen) atoms. The van der Waals surface area contributed by atoms with E-state index in [0.717, 1.165) is 17.2 Å². The number of halogens is 3. The topological polar surface area (TPSA) is 91.0 Å². The van der Waals surface area contributed by atoms with Crippen LogP contribution in [0.25, 0.3) is 0 Å². The molecule has 0 fully saturated rings. The molecule has 8 nitrogen and oxygen atoms in total. The third kappa shape index (κ3) is 7.62. The van der Waals surface area contributed by atoms with Crippen molar-refractivity contribution in [3.8, 4) is 0 Å². The molecule has 0 spiro atoms. The number of anilines is 1. The van der Waals surface area contributed by atoms with Crippen molar-refractivity contribution in [2.24, 2.45) is 5.92 Å². The standard InChI is InChI=1S/C27H33F3N4O4/c1-18(2)15-34-16-19-8-6-10-23(21(19)13-24(34)35)32-14-25(36)33(11-12-38-26(37)31-3)17-20-7-4-5-9-22(20)27(28,29)30/h4-10,18,32H,11-17H2,1-3H3,(H,31,37). The normalized spacial score (nSPS) is 13.2. The first kappa shape index (κ1) is 28.8. The van der Waals surface area contributed by atoms with Crippen molar-refractivity contribution in [2.45, 2.75) is 39.5 Å². The Hall–Kier alpha value is -3.76. The average Bonchev–Trinajstić information content (AvgIpc) is 2.86. The molecule has 2 N–H and O–H groups in total. The maximum atomic E-state index is 13.5. The van der Waals surface area contributed by atoms with Crippen molar-refractivity contribution in [3.63, 3.8) is 0 Å². The highest BCUT2D eigenvalue weighted by Crippen LogP contribution is 2.32. The minimum absolute atomic E-state index is 0.00325. The van der Waals surface area contributed by atoms with Gasteiger partial charge in [-0.15, -0.1) is 0 Å². The minimum atomic E-state index is -4.58. The van der Waals surface area contributed by atoms with Gasteiger partial charge in [-0.1, -0.05) is 44.2 Å². The Labute approximate surface area is 220 Å². The maximum absolute atomic E-state index is 13.5. The van der Waals surface area contributed by atoms with Gasteiger partial charge in [0.25, 0.3) is 0 Å². The number of carbonyl (C=O) groups is 3. The number of benzene rings is 2. The second-order valence-corrected chi connectivity index (χ2v) is 9.50. The Morgan fingerprint density at radius 2 is 1.87 bits per heavy atom. The number of ether oxygens (including phenoxy) is 1. The van der Waals surface area contributed by atoms with Gasteiger partial charge in [0.1, 0.15) is 6.61 Å². The molecule has 1 heterocycles. The second-order valence-electron chi connectivity index (χ2n) is 9.50. The predicted molar refractivity (Wildman–Crippen MR) is 136 cm³/mol. The van der Waals surface area contributed by atoms with Crippen LogP contribution in [0, 0.1) is 5.92 Å². The fourth-order valence-corrected chi connectivity index (χ4v) is 4.36. The zero-order chi connectivity index (χ0) is 27.9. The molecule has 0 saturated heterocycles. The number of fused-ring (bicyclic) bond motifs is 1. The van der Waals surface area contributed by atoms with Crippen LogP contribution in [0.1, 0.15) is 36.1 Å². The van der Waals surface area contributed by atoms with Gasteiger partial charge in [0.05, 0.1) is 25.1 Å². The lowest BCUT2D eigenvalue weighted by molar-refractivity contribution is -0.139. The number of alkyl halides is 3. The monoisotopic (exact) mass is 534 g/mol. The molecule has 2 aromatic rings. The first-order chi connectivity index (χ1) is 18.0. The molecule has 0 radical (unpaired) electrons. The third-order valence-electron chi connectivity index (χ3n) is 6.17. The number of hydrogen-bond acceptors (Lipinski definition) is 5.